The molecule has 0 spiro atoms. The van der Waals surface area contributed by atoms with Crippen molar-refractivity contribution >= 4 is 11.9 Å². The molecular weight excluding hydrogens is 220 g/mol. The first-order valence-corrected chi connectivity index (χ1v) is 5.98. The van der Waals surface area contributed by atoms with Gasteiger partial charge in [-0.1, -0.05) is 27.2 Å². The summed E-state index contributed by atoms with van der Waals surface area (Å²) in [5, 5.41) is 0. The molecule has 4 heteroatoms. The Labute approximate surface area is 104 Å². The van der Waals surface area contributed by atoms with Crippen molar-refractivity contribution in [1.29, 1.82) is 0 Å². The van der Waals surface area contributed by atoms with Crippen molar-refractivity contribution in [2.24, 2.45) is 11.3 Å². The van der Waals surface area contributed by atoms with E-state index in [-0.39, 0.29) is 23.3 Å². The zero-order valence-corrected chi connectivity index (χ0v) is 11.5. The molecule has 4 nitrogen and oxygen atoms in total. The number of methoxy groups -OCH3 is 2. The number of rotatable bonds is 7. The second-order valence-electron chi connectivity index (χ2n) is 5.18. The van der Waals surface area contributed by atoms with E-state index >= 15 is 0 Å². The molecular formula is C13H24O4. The summed E-state index contributed by atoms with van der Waals surface area (Å²) in [6.45, 7) is 6.08. The smallest absolute Gasteiger partial charge is 0.306 e. The Hall–Kier alpha value is -1.06. The molecule has 0 aliphatic rings. The Kier molecular flexibility index (Phi) is 6.85. The maximum absolute atomic E-state index is 11.3. The monoisotopic (exact) mass is 244 g/mol. The number of carbonyl (C=O) groups is 2. The fourth-order valence-corrected chi connectivity index (χ4v) is 2.00. The minimum absolute atomic E-state index is 0.151. The molecule has 0 fully saturated rings. The zero-order valence-electron chi connectivity index (χ0n) is 11.5. The van der Waals surface area contributed by atoms with Gasteiger partial charge in [0.15, 0.2) is 0 Å². The Morgan fingerprint density at radius 2 is 1.65 bits per heavy atom. The second kappa shape index (κ2) is 7.30. The maximum atomic E-state index is 11.3. The minimum atomic E-state index is -0.206. The van der Waals surface area contributed by atoms with E-state index in [1.165, 1.54) is 14.2 Å². The third kappa shape index (κ3) is 6.97. The van der Waals surface area contributed by atoms with Crippen LogP contribution in [0, 0.1) is 11.3 Å². The van der Waals surface area contributed by atoms with Crippen LogP contribution in [0.4, 0.5) is 0 Å². The summed E-state index contributed by atoms with van der Waals surface area (Å²) in [7, 11) is 2.79. The second-order valence-corrected chi connectivity index (χ2v) is 5.18. The first-order valence-electron chi connectivity index (χ1n) is 5.98. The average molecular weight is 244 g/mol. The van der Waals surface area contributed by atoms with Crippen LogP contribution in [-0.4, -0.2) is 26.2 Å². The van der Waals surface area contributed by atoms with E-state index in [1.54, 1.807) is 0 Å². The fraction of sp³-hybridized carbons (Fsp3) is 0.846. The van der Waals surface area contributed by atoms with Gasteiger partial charge in [-0.15, -0.1) is 0 Å². The lowest BCUT2D eigenvalue weighted by molar-refractivity contribution is -0.143. The average Bonchev–Trinajstić information content (AvgIpc) is 2.26. The van der Waals surface area contributed by atoms with Crippen molar-refractivity contribution in [3.8, 4) is 0 Å². The summed E-state index contributed by atoms with van der Waals surface area (Å²) in [4.78, 5) is 22.5. The first-order chi connectivity index (χ1) is 7.84. The van der Waals surface area contributed by atoms with Crippen molar-refractivity contribution in [2.75, 3.05) is 14.2 Å². The number of ether oxygens (including phenoxy) is 2. The molecule has 1 unspecified atom stereocenters. The summed E-state index contributed by atoms with van der Waals surface area (Å²) in [5.74, 6) is -0.143. The van der Waals surface area contributed by atoms with E-state index in [0.717, 1.165) is 12.8 Å². The van der Waals surface area contributed by atoms with Crippen LogP contribution in [0.5, 0.6) is 0 Å². The van der Waals surface area contributed by atoms with Crippen LogP contribution < -0.4 is 0 Å². The Balaban J connectivity index is 4.33. The van der Waals surface area contributed by atoms with Crippen LogP contribution in [0.1, 0.15) is 46.5 Å². The lowest BCUT2D eigenvalue weighted by Gasteiger charge is -2.27. The van der Waals surface area contributed by atoms with E-state index in [9.17, 15) is 9.59 Å². The highest BCUT2D eigenvalue weighted by molar-refractivity contribution is 5.70. The van der Waals surface area contributed by atoms with Crippen LogP contribution in [0.15, 0.2) is 0 Å². The zero-order chi connectivity index (χ0) is 13.5. The van der Waals surface area contributed by atoms with E-state index < -0.39 is 0 Å². The van der Waals surface area contributed by atoms with Gasteiger partial charge in [-0.3, -0.25) is 9.59 Å². The minimum Gasteiger partial charge on any atom is -0.469 e. The Morgan fingerprint density at radius 3 is 2.06 bits per heavy atom. The van der Waals surface area contributed by atoms with Gasteiger partial charge in [-0.2, -0.15) is 0 Å². The van der Waals surface area contributed by atoms with Gasteiger partial charge in [-0.05, 0) is 17.8 Å². The molecule has 0 aromatic heterocycles. The van der Waals surface area contributed by atoms with Gasteiger partial charge in [0.25, 0.3) is 0 Å². The molecule has 0 saturated carbocycles. The molecule has 1 atom stereocenters. The lowest BCUT2D eigenvalue weighted by Crippen LogP contribution is -2.23. The molecule has 0 rings (SSSR count). The Bertz CT molecular complexity index is 258. The highest BCUT2D eigenvalue weighted by atomic mass is 16.5. The van der Waals surface area contributed by atoms with Gasteiger partial charge in [0, 0.05) is 6.42 Å². The normalized spacial score (nSPS) is 13.0. The van der Waals surface area contributed by atoms with Crippen molar-refractivity contribution in [2.45, 2.75) is 46.5 Å². The quantitative estimate of drug-likeness (QED) is 0.646. The summed E-state index contributed by atoms with van der Waals surface area (Å²) in [5.41, 5.74) is -0.151. The summed E-state index contributed by atoms with van der Waals surface area (Å²) >= 11 is 0. The predicted octanol–water partition coefficient (Wildman–Crippen LogP) is 2.56. The van der Waals surface area contributed by atoms with Crippen molar-refractivity contribution in [3.05, 3.63) is 0 Å². The number of carbonyl (C=O) groups excluding carboxylic acids is 2. The Morgan fingerprint density at radius 1 is 1.12 bits per heavy atom. The predicted molar refractivity (Wildman–Crippen MR) is 65.4 cm³/mol. The van der Waals surface area contributed by atoms with Crippen LogP contribution in [0.25, 0.3) is 0 Å². The highest BCUT2D eigenvalue weighted by Gasteiger charge is 2.27. The van der Waals surface area contributed by atoms with Gasteiger partial charge in [0.05, 0.1) is 20.6 Å². The van der Waals surface area contributed by atoms with Gasteiger partial charge in [0.1, 0.15) is 0 Å². The van der Waals surface area contributed by atoms with Crippen LogP contribution in [-0.2, 0) is 19.1 Å². The van der Waals surface area contributed by atoms with Crippen molar-refractivity contribution in [3.63, 3.8) is 0 Å². The molecule has 0 aliphatic carbocycles. The molecule has 0 N–H and O–H groups in total. The largest absolute Gasteiger partial charge is 0.469 e. The lowest BCUT2D eigenvalue weighted by atomic mass is 9.78. The molecule has 17 heavy (non-hydrogen) atoms. The van der Waals surface area contributed by atoms with Gasteiger partial charge in [-0.25, -0.2) is 0 Å². The highest BCUT2D eigenvalue weighted by Crippen LogP contribution is 2.32. The number of esters is 2. The fourth-order valence-electron chi connectivity index (χ4n) is 2.00. The van der Waals surface area contributed by atoms with Crippen LogP contribution in [0.2, 0.25) is 0 Å². The molecule has 0 aliphatic heterocycles. The van der Waals surface area contributed by atoms with E-state index in [0.29, 0.717) is 12.8 Å². The molecule has 0 heterocycles. The third-order valence-electron chi connectivity index (χ3n) is 2.95. The SMILES string of the molecule is CCC(CC(=O)OC)CC(C)(C)CC(=O)OC. The molecule has 0 saturated heterocycles. The molecule has 0 aromatic carbocycles. The van der Waals surface area contributed by atoms with Gasteiger partial charge >= 0.3 is 11.9 Å². The third-order valence-corrected chi connectivity index (χ3v) is 2.95. The van der Waals surface area contributed by atoms with E-state index in [2.05, 4.69) is 9.47 Å². The van der Waals surface area contributed by atoms with E-state index in [4.69, 9.17) is 0 Å². The summed E-state index contributed by atoms with van der Waals surface area (Å²) < 4.78 is 9.34. The molecule has 0 bridgehead atoms. The standard InChI is InChI=1S/C13H24O4/c1-6-10(7-11(14)16-4)8-13(2,3)9-12(15)17-5/h10H,6-9H2,1-5H3. The maximum Gasteiger partial charge on any atom is 0.306 e. The topological polar surface area (TPSA) is 52.6 Å². The van der Waals surface area contributed by atoms with E-state index in [1.807, 2.05) is 20.8 Å². The van der Waals surface area contributed by atoms with Gasteiger partial charge < -0.3 is 9.47 Å². The van der Waals surface area contributed by atoms with Crippen LogP contribution in [0.3, 0.4) is 0 Å². The molecule has 0 amide bonds. The summed E-state index contributed by atoms with van der Waals surface area (Å²) in [6, 6.07) is 0. The van der Waals surface area contributed by atoms with Gasteiger partial charge in [0.2, 0.25) is 0 Å². The summed E-state index contributed by atoms with van der Waals surface area (Å²) in [6.07, 6.45) is 2.51. The molecule has 0 radical (unpaired) electrons. The first kappa shape index (κ1) is 15.9. The van der Waals surface area contributed by atoms with Crippen molar-refractivity contribution in [1.82, 2.24) is 0 Å². The van der Waals surface area contributed by atoms with Crippen LogP contribution >= 0.6 is 0 Å². The number of hydrogen-bond acceptors (Lipinski definition) is 4. The molecule has 0 aromatic rings. The van der Waals surface area contributed by atoms with Crippen molar-refractivity contribution < 1.29 is 19.1 Å². The number of hydrogen-bond donors (Lipinski definition) is 0. The molecule has 100 valence electrons.